The van der Waals surface area contributed by atoms with E-state index in [2.05, 4.69) is 9.97 Å². The van der Waals surface area contributed by atoms with E-state index >= 15 is 0 Å². The summed E-state index contributed by atoms with van der Waals surface area (Å²) < 4.78 is 1.94. The number of hydrogen-bond donors (Lipinski definition) is 2. The summed E-state index contributed by atoms with van der Waals surface area (Å²) in [6.07, 6.45) is 5.51. The lowest BCUT2D eigenvalue weighted by molar-refractivity contribution is -0.143. The van der Waals surface area contributed by atoms with Crippen molar-refractivity contribution >= 4 is 23.1 Å². The molecular formula is C23H23N3O4. The number of carboxylic acids is 2. The number of allylic oxidation sites excluding steroid dienone is 2. The van der Waals surface area contributed by atoms with Gasteiger partial charge in [0.2, 0.25) is 0 Å². The molecule has 2 heterocycles. The van der Waals surface area contributed by atoms with E-state index in [0.29, 0.717) is 37.0 Å². The Morgan fingerprint density at radius 2 is 1.77 bits per heavy atom. The van der Waals surface area contributed by atoms with Gasteiger partial charge in [0.1, 0.15) is 11.3 Å². The Labute approximate surface area is 173 Å². The molecule has 2 aromatic heterocycles. The maximum Gasteiger partial charge on any atom is 0.354 e. The zero-order chi connectivity index (χ0) is 21.5. The first-order chi connectivity index (χ1) is 14.4. The first kappa shape index (κ1) is 19.8. The summed E-state index contributed by atoms with van der Waals surface area (Å²) in [6, 6.07) is 9.15. The second-order valence-corrected chi connectivity index (χ2v) is 7.73. The highest BCUT2D eigenvalue weighted by Gasteiger charge is 2.40. The molecule has 30 heavy (non-hydrogen) atoms. The second kappa shape index (κ2) is 7.40. The molecule has 0 spiro atoms. The fourth-order valence-corrected chi connectivity index (χ4v) is 4.13. The van der Waals surface area contributed by atoms with Gasteiger partial charge in [-0.2, -0.15) is 0 Å². The summed E-state index contributed by atoms with van der Waals surface area (Å²) in [7, 11) is 0. The van der Waals surface area contributed by atoms with Gasteiger partial charge in [-0.15, -0.1) is 0 Å². The average Bonchev–Trinajstić information content (AvgIpc) is 3.35. The number of aromatic nitrogens is 3. The lowest BCUT2D eigenvalue weighted by atomic mass is 9.78. The normalized spacial score (nSPS) is 15.0. The summed E-state index contributed by atoms with van der Waals surface area (Å²) in [5, 5.41) is 19.1. The Morgan fingerprint density at radius 3 is 2.33 bits per heavy atom. The van der Waals surface area contributed by atoms with Crippen molar-refractivity contribution in [1.29, 1.82) is 0 Å². The van der Waals surface area contributed by atoms with Gasteiger partial charge in [-0.25, -0.2) is 14.8 Å². The second-order valence-electron chi connectivity index (χ2n) is 7.73. The number of carboxylic acid groups (broad SMARTS) is 2. The maximum absolute atomic E-state index is 11.9. The van der Waals surface area contributed by atoms with Gasteiger partial charge in [-0.05, 0) is 42.5 Å². The van der Waals surface area contributed by atoms with Crippen LogP contribution >= 0.6 is 0 Å². The molecule has 1 aromatic carbocycles. The van der Waals surface area contributed by atoms with Crippen LogP contribution in [-0.2, 0) is 23.2 Å². The molecule has 0 saturated heterocycles. The van der Waals surface area contributed by atoms with E-state index in [-0.39, 0.29) is 5.69 Å². The van der Waals surface area contributed by atoms with Crippen molar-refractivity contribution < 1.29 is 19.8 Å². The van der Waals surface area contributed by atoms with Crippen LogP contribution in [-0.4, -0.2) is 36.7 Å². The molecule has 7 nitrogen and oxygen atoms in total. The molecule has 0 saturated carbocycles. The van der Waals surface area contributed by atoms with E-state index in [9.17, 15) is 19.8 Å². The number of aryl methyl sites for hydroxylation is 2. The van der Waals surface area contributed by atoms with Crippen molar-refractivity contribution in [3.63, 3.8) is 0 Å². The van der Waals surface area contributed by atoms with E-state index in [1.54, 1.807) is 0 Å². The molecular weight excluding hydrogens is 382 g/mol. The quantitative estimate of drug-likeness (QED) is 0.606. The number of imidazole rings is 1. The van der Waals surface area contributed by atoms with E-state index in [1.165, 1.54) is 6.07 Å². The smallest absolute Gasteiger partial charge is 0.354 e. The molecule has 0 bridgehead atoms. The van der Waals surface area contributed by atoms with E-state index in [1.807, 2.05) is 54.8 Å². The molecule has 4 rings (SSSR count). The molecule has 0 atom stereocenters. The zero-order valence-corrected chi connectivity index (χ0v) is 16.9. The van der Waals surface area contributed by atoms with Gasteiger partial charge in [-0.3, -0.25) is 4.79 Å². The predicted molar refractivity (Wildman–Crippen MR) is 112 cm³/mol. The van der Waals surface area contributed by atoms with E-state index in [0.717, 1.165) is 22.5 Å². The molecule has 0 fully saturated rings. The first-order valence-electron chi connectivity index (χ1n) is 9.93. The number of aromatic carboxylic acids is 1. The molecule has 0 amide bonds. The number of aliphatic carboxylic acids is 1. The van der Waals surface area contributed by atoms with Crippen molar-refractivity contribution in [3.05, 3.63) is 70.7 Å². The maximum atomic E-state index is 11.9. The van der Waals surface area contributed by atoms with E-state index in [4.69, 9.17) is 0 Å². The van der Waals surface area contributed by atoms with Crippen molar-refractivity contribution in [2.24, 2.45) is 0 Å². The average molecular weight is 405 g/mol. The van der Waals surface area contributed by atoms with Crippen molar-refractivity contribution in [3.8, 4) is 0 Å². The Bertz CT molecular complexity index is 1170. The van der Waals surface area contributed by atoms with Crippen molar-refractivity contribution in [2.75, 3.05) is 0 Å². The van der Waals surface area contributed by atoms with Crippen molar-refractivity contribution in [2.45, 2.75) is 45.1 Å². The Hall–Kier alpha value is -3.48. The standard InChI is InChI=1S/C23H23N3O4/c1-3-18-25-19-14(2)12-17(21(27)28)24-20(19)26(18)13-15-6-8-16(9-7-15)23(22(29)30)10-4-5-11-23/h4-9,12H,3,10-11,13H2,1-2H3,(H,27,28)(H,29,30). The molecule has 0 unspecified atom stereocenters. The minimum atomic E-state index is -1.07. The van der Waals surface area contributed by atoms with Gasteiger partial charge in [0.15, 0.2) is 11.3 Å². The number of nitrogens with zero attached hydrogens (tertiary/aromatic N) is 3. The minimum Gasteiger partial charge on any atom is -0.481 e. The van der Waals surface area contributed by atoms with Crippen LogP contribution in [0.4, 0.5) is 0 Å². The highest BCUT2D eigenvalue weighted by atomic mass is 16.4. The first-order valence-corrected chi connectivity index (χ1v) is 9.93. The topological polar surface area (TPSA) is 105 Å². The molecule has 7 heteroatoms. The van der Waals surface area contributed by atoms with Crippen LogP contribution < -0.4 is 0 Å². The van der Waals surface area contributed by atoms with Crippen LogP contribution in [0.5, 0.6) is 0 Å². The van der Waals surface area contributed by atoms with Gasteiger partial charge < -0.3 is 14.8 Å². The van der Waals surface area contributed by atoms with Gasteiger partial charge in [0.05, 0.1) is 12.0 Å². The third-order valence-corrected chi connectivity index (χ3v) is 5.86. The molecule has 0 aliphatic heterocycles. The van der Waals surface area contributed by atoms with Crippen LogP contribution in [0.1, 0.15) is 52.8 Å². The van der Waals surface area contributed by atoms with Gasteiger partial charge >= 0.3 is 11.9 Å². The minimum absolute atomic E-state index is 0.00344. The third-order valence-electron chi connectivity index (χ3n) is 5.86. The Balaban J connectivity index is 1.72. The van der Waals surface area contributed by atoms with Crippen LogP contribution in [0.2, 0.25) is 0 Å². The Morgan fingerprint density at radius 1 is 1.10 bits per heavy atom. The summed E-state index contributed by atoms with van der Waals surface area (Å²) >= 11 is 0. The molecule has 0 radical (unpaired) electrons. The predicted octanol–water partition coefficient (Wildman–Crippen LogP) is 3.72. The molecule has 154 valence electrons. The number of carbonyl (C=O) groups is 2. The van der Waals surface area contributed by atoms with Crippen LogP contribution in [0.15, 0.2) is 42.5 Å². The monoisotopic (exact) mass is 405 g/mol. The Kier molecular flexibility index (Phi) is 4.89. The van der Waals surface area contributed by atoms with Crippen LogP contribution in [0.3, 0.4) is 0 Å². The van der Waals surface area contributed by atoms with Gasteiger partial charge in [0.25, 0.3) is 0 Å². The largest absolute Gasteiger partial charge is 0.481 e. The SMILES string of the molecule is CCc1nc2c(C)cc(C(=O)O)nc2n1Cc1ccc(C2(C(=O)O)CC=CC2)cc1. The summed E-state index contributed by atoms with van der Waals surface area (Å²) in [6.45, 7) is 4.31. The molecule has 1 aliphatic rings. The molecule has 3 aromatic rings. The third kappa shape index (κ3) is 3.16. The van der Waals surface area contributed by atoms with Gasteiger partial charge in [-0.1, -0.05) is 43.3 Å². The number of hydrogen-bond acceptors (Lipinski definition) is 4. The number of pyridine rings is 1. The summed E-state index contributed by atoms with van der Waals surface area (Å²) in [5.41, 5.74) is 2.90. The summed E-state index contributed by atoms with van der Waals surface area (Å²) in [5.74, 6) is -1.05. The van der Waals surface area contributed by atoms with Crippen molar-refractivity contribution in [1.82, 2.24) is 14.5 Å². The molecule has 1 aliphatic carbocycles. The lowest BCUT2D eigenvalue weighted by Gasteiger charge is -2.24. The lowest BCUT2D eigenvalue weighted by Crippen LogP contribution is -2.32. The fraction of sp³-hybridized carbons (Fsp3) is 0.304. The van der Waals surface area contributed by atoms with Gasteiger partial charge in [0, 0.05) is 6.42 Å². The van der Waals surface area contributed by atoms with Crippen LogP contribution in [0.25, 0.3) is 11.2 Å². The fourth-order valence-electron chi connectivity index (χ4n) is 4.13. The zero-order valence-electron chi connectivity index (χ0n) is 16.9. The summed E-state index contributed by atoms with van der Waals surface area (Å²) in [4.78, 5) is 32.3. The van der Waals surface area contributed by atoms with Crippen LogP contribution in [0, 0.1) is 6.92 Å². The highest BCUT2D eigenvalue weighted by molar-refractivity contribution is 5.89. The highest BCUT2D eigenvalue weighted by Crippen LogP contribution is 2.37. The molecule has 2 N–H and O–H groups in total. The number of benzene rings is 1. The van der Waals surface area contributed by atoms with E-state index < -0.39 is 17.4 Å². The number of fused-ring (bicyclic) bond motifs is 1. The number of rotatable bonds is 6.